The van der Waals surface area contributed by atoms with Crippen LogP contribution in [0.5, 0.6) is 5.75 Å². The van der Waals surface area contributed by atoms with Crippen LogP contribution in [-0.4, -0.2) is 47.4 Å². The number of carbonyl (C=O) groups is 1. The zero-order valence-electron chi connectivity index (χ0n) is 15.8. The molecule has 1 amide bonds. The summed E-state index contributed by atoms with van der Waals surface area (Å²) >= 11 is 0. The van der Waals surface area contributed by atoms with Gasteiger partial charge < -0.3 is 9.64 Å². The van der Waals surface area contributed by atoms with Gasteiger partial charge in [0.05, 0.1) is 19.3 Å². The molecule has 6 heteroatoms. The lowest BCUT2D eigenvalue weighted by Crippen LogP contribution is -2.49. The number of hydrogen-bond donors (Lipinski definition) is 0. The third-order valence-electron chi connectivity index (χ3n) is 5.02. The minimum absolute atomic E-state index is 0.0843. The van der Waals surface area contributed by atoms with Crippen molar-refractivity contribution in [2.45, 2.75) is 13.1 Å². The van der Waals surface area contributed by atoms with Crippen molar-refractivity contribution in [2.24, 2.45) is 0 Å². The summed E-state index contributed by atoms with van der Waals surface area (Å²) in [6, 6.07) is 16.5. The second kappa shape index (κ2) is 7.94. The van der Waals surface area contributed by atoms with Crippen molar-refractivity contribution in [3.63, 3.8) is 0 Å². The van der Waals surface area contributed by atoms with Gasteiger partial charge in [-0.05, 0) is 29.8 Å². The van der Waals surface area contributed by atoms with Crippen molar-refractivity contribution >= 4 is 16.8 Å². The van der Waals surface area contributed by atoms with Crippen molar-refractivity contribution in [1.29, 1.82) is 0 Å². The molecule has 4 rings (SSSR count). The third kappa shape index (κ3) is 3.97. The maximum Gasteiger partial charge on any atom is 0.237 e. The van der Waals surface area contributed by atoms with E-state index in [1.165, 1.54) is 6.07 Å². The Labute approximate surface area is 163 Å². The lowest BCUT2D eigenvalue weighted by molar-refractivity contribution is -0.136. The van der Waals surface area contributed by atoms with Crippen LogP contribution >= 0.6 is 0 Å². The number of halogens is 1. The number of fused-ring (bicyclic) bond motifs is 1. The Kier molecular flexibility index (Phi) is 5.21. The Morgan fingerprint density at radius 2 is 1.93 bits per heavy atom. The van der Waals surface area contributed by atoms with Gasteiger partial charge in [0.25, 0.3) is 0 Å². The number of carbonyl (C=O) groups excluding carboxylic acids is 1. The second-order valence-electron chi connectivity index (χ2n) is 6.99. The molecule has 0 saturated carbocycles. The van der Waals surface area contributed by atoms with Gasteiger partial charge in [0.2, 0.25) is 5.91 Å². The van der Waals surface area contributed by atoms with Crippen molar-refractivity contribution in [3.05, 3.63) is 71.7 Å². The largest absolute Gasteiger partial charge is 0.497 e. The van der Waals surface area contributed by atoms with Gasteiger partial charge in [-0.3, -0.25) is 9.69 Å². The number of pyridine rings is 1. The Hall–Kier alpha value is -2.99. The number of piperazine rings is 1. The molecule has 0 unspecified atom stereocenters. The number of ether oxygens (including phenoxy) is 1. The van der Waals surface area contributed by atoms with Crippen molar-refractivity contribution in [3.8, 4) is 5.75 Å². The van der Waals surface area contributed by atoms with Gasteiger partial charge in [0.1, 0.15) is 17.1 Å². The molecule has 2 heterocycles. The molecule has 0 spiro atoms. The summed E-state index contributed by atoms with van der Waals surface area (Å²) < 4.78 is 19.2. The van der Waals surface area contributed by atoms with E-state index in [0.29, 0.717) is 31.7 Å². The Balaban J connectivity index is 1.40. The molecular formula is C22H22FN3O2. The maximum absolute atomic E-state index is 14.0. The van der Waals surface area contributed by atoms with Crippen molar-refractivity contribution < 1.29 is 13.9 Å². The zero-order valence-corrected chi connectivity index (χ0v) is 15.8. The Morgan fingerprint density at radius 1 is 1.07 bits per heavy atom. The molecule has 5 nitrogen and oxygen atoms in total. The highest BCUT2D eigenvalue weighted by atomic mass is 19.1. The quantitative estimate of drug-likeness (QED) is 0.683. The fraction of sp³-hybridized carbons (Fsp3) is 0.273. The molecular weight excluding hydrogens is 357 g/mol. The first-order valence-electron chi connectivity index (χ1n) is 9.29. The summed E-state index contributed by atoms with van der Waals surface area (Å²) in [4.78, 5) is 21.0. The van der Waals surface area contributed by atoms with Crippen LogP contribution in [0.2, 0.25) is 0 Å². The number of benzene rings is 2. The summed E-state index contributed by atoms with van der Waals surface area (Å²) in [7, 11) is 1.63. The molecule has 0 N–H and O–H groups in total. The van der Waals surface area contributed by atoms with E-state index < -0.39 is 0 Å². The van der Waals surface area contributed by atoms with Gasteiger partial charge in [0, 0.05) is 31.6 Å². The van der Waals surface area contributed by atoms with Crippen LogP contribution < -0.4 is 4.74 Å². The van der Waals surface area contributed by atoms with Crippen LogP contribution in [0.15, 0.2) is 54.6 Å². The second-order valence-corrected chi connectivity index (χ2v) is 6.99. The van der Waals surface area contributed by atoms with E-state index in [4.69, 9.17) is 4.74 Å². The average molecular weight is 379 g/mol. The van der Waals surface area contributed by atoms with Gasteiger partial charge in [0.15, 0.2) is 0 Å². The van der Waals surface area contributed by atoms with E-state index >= 15 is 0 Å². The number of methoxy groups -OCH3 is 1. The predicted molar refractivity (Wildman–Crippen MR) is 105 cm³/mol. The monoisotopic (exact) mass is 379 g/mol. The lowest BCUT2D eigenvalue weighted by Gasteiger charge is -2.34. The minimum atomic E-state index is -0.321. The highest BCUT2D eigenvalue weighted by Crippen LogP contribution is 2.19. The van der Waals surface area contributed by atoms with Gasteiger partial charge in [-0.25, -0.2) is 9.37 Å². The number of hydrogen-bond acceptors (Lipinski definition) is 4. The highest BCUT2D eigenvalue weighted by Gasteiger charge is 2.24. The number of rotatable bonds is 5. The molecule has 1 aromatic heterocycles. The van der Waals surface area contributed by atoms with Crippen LogP contribution in [-0.2, 0) is 17.9 Å². The summed E-state index contributed by atoms with van der Waals surface area (Å²) in [5, 5.41) is 0.780. The molecule has 1 fully saturated rings. The first-order valence-corrected chi connectivity index (χ1v) is 9.29. The summed E-state index contributed by atoms with van der Waals surface area (Å²) in [5.74, 6) is 0.553. The normalized spacial score (nSPS) is 15.2. The first kappa shape index (κ1) is 18.4. The number of aromatic nitrogens is 1. The zero-order chi connectivity index (χ0) is 19.5. The van der Waals surface area contributed by atoms with E-state index in [0.717, 1.165) is 28.9 Å². The van der Waals surface area contributed by atoms with Gasteiger partial charge in [-0.15, -0.1) is 0 Å². The maximum atomic E-state index is 14.0. The average Bonchev–Trinajstić information content (AvgIpc) is 2.71. The van der Waals surface area contributed by atoms with E-state index in [1.807, 2.05) is 47.4 Å². The molecule has 1 saturated heterocycles. The van der Waals surface area contributed by atoms with Gasteiger partial charge in [-0.1, -0.05) is 30.3 Å². The van der Waals surface area contributed by atoms with E-state index in [1.54, 1.807) is 13.2 Å². The van der Waals surface area contributed by atoms with Crippen LogP contribution in [0.1, 0.15) is 11.3 Å². The number of nitrogens with zero attached hydrogens (tertiary/aromatic N) is 3. The van der Waals surface area contributed by atoms with Gasteiger partial charge in [-0.2, -0.15) is 0 Å². The summed E-state index contributed by atoms with van der Waals surface area (Å²) in [5.41, 5.74) is 2.20. The third-order valence-corrected chi connectivity index (χ3v) is 5.02. The smallest absolute Gasteiger partial charge is 0.237 e. The SMILES string of the molecule is COc1cccc(CN2CCN(Cc3ccc4cccc(F)c4n3)CC2=O)c1. The highest BCUT2D eigenvalue weighted by molar-refractivity contribution is 5.80. The molecule has 0 bridgehead atoms. The predicted octanol–water partition coefficient (Wildman–Crippen LogP) is 3.23. The minimum Gasteiger partial charge on any atom is -0.497 e. The molecule has 0 atom stereocenters. The number of para-hydroxylation sites is 1. The topological polar surface area (TPSA) is 45.7 Å². The standard InChI is InChI=1S/C22H22FN3O2/c1-28-19-6-2-4-16(12-19)13-26-11-10-25(15-21(26)27)14-18-9-8-17-5-3-7-20(23)22(17)24-18/h2-9,12H,10-11,13-15H2,1H3. The molecule has 2 aromatic carbocycles. The van der Waals surface area contributed by atoms with Crippen molar-refractivity contribution in [2.75, 3.05) is 26.7 Å². The summed E-state index contributed by atoms with van der Waals surface area (Å²) in [6.07, 6.45) is 0. The van der Waals surface area contributed by atoms with E-state index in [9.17, 15) is 9.18 Å². The molecule has 1 aliphatic heterocycles. The first-order chi connectivity index (χ1) is 13.6. The van der Waals surface area contributed by atoms with Crippen LogP contribution in [0.3, 0.4) is 0 Å². The lowest BCUT2D eigenvalue weighted by atomic mass is 10.1. The molecule has 0 radical (unpaired) electrons. The number of amides is 1. The van der Waals surface area contributed by atoms with Crippen molar-refractivity contribution in [1.82, 2.24) is 14.8 Å². The molecule has 1 aliphatic rings. The molecule has 3 aromatic rings. The summed E-state index contributed by atoms with van der Waals surface area (Å²) in [6.45, 7) is 2.85. The van der Waals surface area contributed by atoms with E-state index in [2.05, 4.69) is 9.88 Å². The van der Waals surface area contributed by atoms with Crippen LogP contribution in [0, 0.1) is 5.82 Å². The molecule has 28 heavy (non-hydrogen) atoms. The Morgan fingerprint density at radius 3 is 2.75 bits per heavy atom. The molecule has 0 aliphatic carbocycles. The van der Waals surface area contributed by atoms with Crippen LogP contribution in [0.25, 0.3) is 10.9 Å². The molecule has 144 valence electrons. The van der Waals surface area contributed by atoms with Gasteiger partial charge >= 0.3 is 0 Å². The fourth-order valence-electron chi connectivity index (χ4n) is 3.52. The van der Waals surface area contributed by atoms with E-state index in [-0.39, 0.29) is 11.7 Å². The fourth-order valence-corrected chi connectivity index (χ4v) is 3.52. The van der Waals surface area contributed by atoms with Crippen LogP contribution in [0.4, 0.5) is 4.39 Å². The Bertz CT molecular complexity index is 1010.